The molecule has 2 N–H and O–H groups in total. The molecule has 1 aromatic carbocycles. The number of anilines is 1. The van der Waals surface area contributed by atoms with Gasteiger partial charge in [-0.25, -0.2) is 13.8 Å². The molecule has 7 nitrogen and oxygen atoms in total. The standard InChI is InChI=1S/C23H20ClF5N4O3/c1-11(23(27,28)29)30-21(35)14-9-33(18-15(24)7-12(25)8-16(18)26)20-13(19(14)34)3-4-17(31-20)32-6-5-22(2,36)10-32/h3-4,7-9,11,36H,5-6,10H2,1-2H3,(H,30,35). The van der Waals surface area contributed by atoms with Crippen molar-refractivity contribution in [3.63, 3.8) is 0 Å². The number of aromatic nitrogens is 2. The van der Waals surface area contributed by atoms with Crippen molar-refractivity contribution in [3.8, 4) is 5.69 Å². The fourth-order valence-corrected chi connectivity index (χ4v) is 4.25. The van der Waals surface area contributed by atoms with E-state index in [4.69, 9.17) is 11.6 Å². The van der Waals surface area contributed by atoms with Crippen LogP contribution in [0.4, 0.5) is 27.8 Å². The second kappa shape index (κ2) is 9.00. The van der Waals surface area contributed by atoms with Crippen LogP contribution in [0, 0.1) is 11.6 Å². The minimum atomic E-state index is -4.77. The summed E-state index contributed by atoms with van der Waals surface area (Å²) in [5.74, 6) is -3.18. The lowest BCUT2D eigenvalue weighted by molar-refractivity contribution is -0.149. The van der Waals surface area contributed by atoms with Crippen molar-refractivity contribution >= 4 is 34.4 Å². The first-order valence-corrected chi connectivity index (χ1v) is 11.1. The number of amides is 1. The number of β-amino-alcohol motifs (C(OH)–C–C–N with tert-alkyl or cyclic N) is 1. The highest BCUT2D eigenvalue weighted by atomic mass is 35.5. The van der Waals surface area contributed by atoms with Gasteiger partial charge >= 0.3 is 6.18 Å². The molecule has 0 bridgehead atoms. The summed E-state index contributed by atoms with van der Waals surface area (Å²) in [7, 11) is 0. The summed E-state index contributed by atoms with van der Waals surface area (Å²) in [5.41, 5.74) is -3.29. The van der Waals surface area contributed by atoms with Gasteiger partial charge in [-0.1, -0.05) is 11.6 Å². The van der Waals surface area contributed by atoms with Gasteiger partial charge in [0.1, 0.15) is 28.9 Å². The Morgan fingerprint density at radius 1 is 1.28 bits per heavy atom. The lowest BCUT2D eigenvalue weighted by Gasteiger charge is -2.22. The van der Waals surface area contributed by atoms with Crippen molar-refractivity contribution in [1.82, 2.24) is 14.9 Å². The Morgan fingerprint density at radius 3 is 2.56 bits per heavy atom. The Bertz CT molecular complexity index is 1400. The summed E-state index contributed by atoms with van der Waals surface area (Å²) in [4.78, 5) is 31.9. The van der Waals surface area contributed by atoms with Crippen LogP contribution in [0.3, 0.4) is 0 Å². The maximum atomic E-state index is 14.9. The number of benzene rings is 1. The van der Waals surface area contributed by atoms with E-state index in [0.717, 1.165) is 16.8 Å². The van der Waals surface area contributed by atoms with Gasteiger partial charge < -0.3 is 15.3 Å². The van der Waals surface area contributed by atoms with E-state index >= 15 is 0 Å². The minimum absolute atomic E-state index is 0.170. The molecule has 2 aromatic heterocycles. The second-order valence-corrected chi connectivity index (χ2v) is 9.31. The summed E-state index contributed by atoms with van der Waals surface area (Å²) in [6, 6.07) is 1.79. The molecule has 192 valence electrons. The van der Waals surface area contributed by atoms with Gasteiger partial charge in [0.2, 0.25) is 5.43 Å². The average Bonchev–Trinajstić information content (AvgIpc) is 3.13. The lowest BCUT2D eigenvalue weighted by Crippen LogP contribution is -2.44. The minimum Gasteiger partial charge on any atom is -0.388 e. The molecule has 1 fully saturated rings. The number of nitrogens with one attached hydrogen (secondary N) is 1. The van der Waals surface area contributed by atoms with E-state index in [1.54, 1.807) is 17.1 Å². The maximum absolute atomic E-state index is 14.9. The highest BCUT2D eigenvalue weighted by molar-refractivity contribution is 6.32. The molecule has 4 rings (SSSR count). The molecule has 0 spiro atoms. The van der Waals surface area contributed by atoms with Crippen molar-refractivity contribution in [1.29, 1.82) is 0 Å². The van der Waals surface area contributed by atoms with Gasteiger partial charge in [-0.2, -0.15) is 13.2 Å². The quantitative estimate of drug-likeness (QED) is 0.499. The number of hydrogen-bond acceptors (Lipinski definition) is 5. The third-order valence-corrected chi connectivity index (χ3v) is 6.21. The van der Waals surface area contributed by atoms with E-state index in [1.807, 2.05) is 0 Å². The third-order valence-electron chi connectivity index (χ3n) is 5.92. The third kappa shape index (κ3) is 4.87. The van der Waals surface area contributed by atoms with Gasteiger partial charge in [0.15, 0.2) is 11.5 Å². The van der Waals surface area contributed by atoms with Gasteiger partial charge in [0.25, 0.3) is 5.91 Å². The average molecular weight is 531 g/mol. The molecule has 0 saturated carbocycles. The SMILES string of the molecule is CC(NC(=O)c1cn(-c2c(F)cc(F)cc2Cl)c2nc(N3CCC(C)(O)C3)ccc2c1=O)C(F)(F)F. The predicted molar refractivity (Wildman–Crippen MR) is 123 cm³/mol. The monoisotopic (exact) mass is 530 g/mol. The Labute approximate surface area is 206 Å². The van der Waals surface area contributed by atoms with Crippen LogP contribution >= 0.6 is 11.6 Å². The molecular weight excluding hydrogens is 511 g/mol. The van der Waals surface area contributed by atoms with Crippen LogP contribution in [0.2, 0.25) is 5.02 Å². The topological polar surface area (TPSA) is 87.5 Å². The number of aliphatic hydroxyl groups is 1. The fraction of sp³-hybridized carbons (Fsp3) is 0.348. The Hall–Kier alpha value is -3.25. The van der Waals surface area contributed by atoms with Gasteiger partial charge in [-0.3, -0.25) is 14.2 Å². The fourth-order valence-electron chi connectivity index (χ4n) is 3.96. The zero-order chi connectivity index (χ0) is 26.6. The number of hydrogen-bond donors (Lipinski definition) is 2. The number of halogens is 6. The molecular formula is C23H20ClF5N4O3. The summed E-state index contributed by atoms with van der Waals surface area (Å²) in [6.07, 6.45) is -3.51. The molecule has 2 atom stereocenters. The molecule has 13 heteroatoms. The number of pyridine rings is 2. The first kappa shape index (κ1) is 25.8. The largest absolute Gasteiger partial charge is 0.408 e. The molecule has 2 unspecified atom stereocenters. The predicted octanol–water partition coefficient (Wildman–Crippen LogP) is 3.96. The number of alkyl halides is 3. The molecule has 0 aliphatic carbocycles. The number of rotatable bonds is 4. The van der Waals surface area contributed by atoms with Crippen LogP contribution in [0.25, 0.3) is 16.7 Å². The highest BCUT2D eigenvalue weighted by Crippen LogP contribution is 2.30. The normalized spacial score (nSPS) is 19.1. The first-order valence-electron chi connectivity index (χ1n) is 10.7. The van der Waals surface area contributed by atoms with E-state index in [-0.39, 0.29) is 17.6 Å². The van der Waals surface area contributed by atoms with E-state index < -0.39 is 57.1 Å². The highest BCUT2D eigenvalue weighted by Gasteiger charge is 2.38. The van der Waals surface area contributed by atoms with Crippen LogP contribution in [0.5, 0.6) is 0 Å². The Kier molecular flexibility index (Phi) is 6.46. The molecule has 36 heavy (non-hydrogen) atoms. The van der Waals surface area contributed by atoms with Crippen molar-refractivity contribution in [3.05, 3.63) is 62.9 Å². The number of nitrogens with zero attached hydrogens (tertiary/aromatic N) is 3. The van der Waals surface area contributed by atoms with Crippen LogP contribution in [0.1, 0.15) is 30.6 Å². The molecule has 1 aliphatic rings. The number of fused-ring (bicyclic) bond motifs is 1. The molecule has 1 aliphatic heterocycles. The first-order chi connectivity index (χ1) is 16.7. The Balaban J connectivity index is 1.95. The van der Waals surface area contributed by atoms with E-state index in [1.165, 1.54) is 12.1 Å². The van der Waals surface area contributed by atoms with Crippen LogP contribution in [-0.2, 0) is 0 Å². The molecule has 3 aromatic rings. The van der Waals surface area contributed by atoms with Gasteiger partial charge in [-0.05, 0) is 38.5 Å². The van der Waals surface area contributed by atoms with E-state index in [9.17, 15) is 36.6 Å². The zero-order valence-electron chi connectivity index (χ0n) is 19.0. The van der Waals surface area contributed by atoms with Crippen LogP contribution < -0.4 is 15.6 Å². The van der Waals surface area contributed by atoms with E-state index in [0.29, 0.717) is 31.8 Å². The van der Waals surface area contributed by atoms with Gasteiger partial charge in [0, 0.05) is 25.4 Å². The van der Waals surface area contributed by atoms with E-state index in [2.05, 4.69) is 4.98 Å². The summed E-state index contributed by atoms with van der Waals surface area (Å²) in [5, 5.41) is 11.4. The number of carbonyl (C=O) groups excluding carboxylic acids is 1. The van der Waals surface area contributed by atoms with Crippen molar-refractivity contribution in [2.75, 3.05) is 18.0 Å². The maximum Gasteiger partial charge on any atom is 0.408 e. The molecule has 1 amide bonds. The summed E-state index contributed by atoms with van der Waals surface area (Å²) in [6.45, 7) is 2.99. The lowest BCUT2D eigenvalue weighted by atomic mass is 10.1. The van der Waals surface area contributed by atoms with Gasteiger partial charge in [0.05, 0.1) is 16.0 Å². The van der Waals surface area contributed by atoms with Crippen molar-refractivity contribution in [2.24, 2.45) is 0 Å². The molecule has 3 heterocycles. The molecule has 1 saturated heterocycles. The number of carbonyl (C=O) groups is 1. The molecule has 0 radical (unpaired) electrons. The van der Waals surface area contributed by atoms with Crippen LogP contribution in [0.15, 0.2) is 35.3 Å². The second-order valence-electron chi connectivity index (χ2n) is 8.91. The van der Waals surface area contributed by atoms with Crippen LogP contribution in [-0.4, -0.2) is 51.5 Å². The summed E-state index contributed by atoms with van der Waals surface area (Å²) < 4.78 is 68.5. The smallest absolute Gasteiger partial charge is 0.388 e. The zero-order valence-corrected chi connectivity index (χ0v) is 19.7. The van der Waals surface area contributed by atoms with Crippen molar-refractivity contribution < 1.29 is 31.9 Å². The Morgan fingerprint density at radius 2 is 1.97 bits per heavy atom. The summed E-state index contributed by atoms with van der Waals surface area (Å²) >= 11 is 6.09. The van der Waals surface area contributed by atoms with Gasteiger partial charge in [-0.15, -0.1) is 0 Å². The van der Waals surface area contributed by atoms with Crippen molar-refractivity contribution in [2.45, 2.75) is 38.1 Å².